The van der Waals surface area contributed by atoms with Crippen molar-refractivity contribution in [2.75, 3.05) is 18.4 Å². The fourth-order valence-corrected chi connectivity index (χ4v) is 2.53. The van der Waals surface area contributed by atoms with Gasteiger partial charge in [0.05, 0.1) is 6.42 Å². The third kappa shape index (κ3) is 5.52. The lowest BCUT2D eigenvalue weighted by Gasteiger charge is -2.17. The van der Waals surface area contributed by atoms with Crippen molar-refractivity contribution >= 4 is 17.7 Å². The van der Waals surface area contributed by atoms with Crippen molar-refractivity contribution in [3.63, 3.8) is 0 Å². The number of aliphatic carboxylic acids is 1. The average molecular weight is 320 g/mol. The fraction of sp³-hybridized carbons (Fsp3) is 0.562. The number of hydrogen-bond donors (Lipinski definition) is 4. The Bertz CT molecular complexity index is 562. The number of aryl methyl sites for hydroxylation is 2. The van der Waals surface area contributed by atoms with Crippen LogP contribution in [0.5, 0.6) is 0 Å². The first-order valence-electron chi connectivity index (χ1n) is 8.04. The topological polar surface area (TPSA) is 117 Å². The lowest BCUT2D eigenvalue weighted by molar-refractivity contribution is -0.140. The highest BCUT2D eigenvalue weighted by Gasteiger charge is 2.15. The number of carboxylic acid groups (broad SMARTS) is 1. The minimum atomic E-state index is -1.16. The number of amides is 1. The van der Waals surface area contributed by atoms with Crippen LogP contribution < -0.4 is 16.4 Å². The Morgan fingerprint density at radius 3 is 3.00 bits per heavy atom. The summed E-state index contributed by atoms with van der Waals surface area (Å²) >= 11 is 0. The van der Waals surface area contributed by atoms with E-state index in [4.69, 9.17) is 10.8 Å². The average Bonchev–Trinajstić information content (AvgIpc) is 2.54. The highest BCUT2D eigenvalue weighted by molar-refractivity contribution is 5.84. The molecule has 0 fully saturated rings. The Hall–Kier alpha value is -2.15. The van der Waals surface area contributed by atoms with Gasteiger partial charge in [0.15, 0.2) is 0 Å². The first-order chi connectivity index (χ1) is 11.1. The van der Waals surface area contributed by atoms with Crippen LogP contribution in [0.4, 0.5) is 5.82 Å². The van der Waals surface area contributed by atoms with Crippen LogP contribution in [0, 0.1) is 0 Å². The van der Waals surface area contributed by atoms with Crippen LogP contribution in [0.25, 0.3) is 0 Å². The van der Waals surface area contributed by atoms with Crippen LogP contribution in [0.3, 0.4) is 0 Å². The van der Waals surface area contributed by atoms with Crippen molar-refractivity contribution < 1.29 is 14.7 Å². The van der Waals surface area contributed by atoms with E-state index in [1.165, 1.54) is 5.56 Å². The smallest absolute Gasteiger partial charge is 0.321 e. The number of nitrogens with two attached hydrogens (primary N) is 1. The Balaban J connectivity index is 1.64. The number of pyridine rings is 1. The Labute approximate surface area is 135 Å². The van der Waals surface area contributed by atoms with Gasteiger partial charge < -0.3 is 21.5 Å². The van der Waals surface area contributed by atoms with E-state index in [-0.39, 0.29) is 12.3 Å². The van der Waals surface area contributed by atoms with E-state index < -0.39 is 12.0 Å². The summed E-state index contributed by atoms with van der Waals surface area (Å²) in [4.78, 5) is 26.7. The molecule has 23 heavy (non-hydrogen) atoms. The zero-order valence-corrected chi connectivity index (χ0v) is 13.2. The standard InChI is InChI=1S/C16H24N4O3/c17-13(16(22)23)10-14(21)18-8-2-1-5-12-7-6-11-4-3-9-19-15(11)20-12/h6-7,13H,1-5,8-10,17H2,(H,18,21)(H,19,20)(H,22,23). The van der Waals surface area contributed by atoms with Crippen molar-refractivity contribution in [3.8, 4) is 0 Å². The summed E-state index contributed by atoms with van der Waals surface area (Å²) in [5.41, 5.74) is 7.64. The number of nitrogens with one attached hydrogen (secondary N) is 2. The van der Waals surface area contributed by atoms with E-state index in [1.54, 1.807) is 0 Å². The maximum Gasteiger partial charge on any atom is 0.321 e. The van der Waals surface area contributed by atoms with Gasteiger partial charge in [0.25, 0.3) is 0 Å². The van der Waals surface area contributed by atoms with Crippen molar-refractivity contribution in [1.29, 1.82) is 0 Å². The zero-order chi connectivity index (χ0) is 16.7. The molecule has 126 valence electrons. The first kappa shape index (κ1) is 17.2. The SMILES string of the molecule is NC(CC(=O)NCCCCc1ccc2c(n1)NCCC2)C(=O)O. The van der Waals surface area contributed by atoms with E-state index in [9.17, 15) is 9.59 Å². The molecule has 0 bridgehead atoms. The number of unbranched alkanes of at least 4 members (excludes halogenated alkanes) is 1. The second kappa shape index (κ2) is 8.47. The van der Waals surface area contributed by atoms with Crippen molar-refractivity contribution in [3.05, 3.63) is 23.4 Å². The van der Waals surface area contributed by atoms with Crippen molar-refractivity contribution in [2.45, 2.75) is 44.6 Å². The first-order valence-corrected chi connectivity index (χ1v) is 8.04. The fourth-order valence-electron chi connectivity index (χ4n) is 2.53. The predicted octanol–water partition coefficient (Wildman–Crippen LogP) is 0.681. The maximum absolute atomic E-state index is 11.5. The lowest BCUT2D eigenvalue weighted by atomic mass is 10.1. The molecule has 0 saturated carbocycles. The number of rotatable bonds is 8. The van der Waals surface area contributed by atoms with E-state index in [1.807, 2.05) is 0 Å². The summed E-state index contributed by atoms with van der Waals surface area (Å²) in [5.74, 6) is -0.479. The van der Waals surface area contributed by atoms with Gasteiger partial charge in [-0.15, -0.1) is 0 Å². The van der Waals surface area contributed by atoms with Crippen LogP contribution in [0.15, 0.2) is 12.1 Å². The normalized spacial score (nSPS) is 14.5. The molecule has 0 aromatic carbocycles. The number of anilines is 1. The summed E-state index contributed by atoms with van der Waals surface area (Å²) in [6, 6.07) is 3.07. The van der Waals surface area contributed by atoms with E-state index >= 15 is 0 Å². The molecule has 0 radical (unpaired) electrons. The van der Waals surface area contributed by atoms with Crippen LogP contribution in [-0.2, 0) is 22.4 Å². The van der Waals surface area contributed by atoms with Gasteiger partial charge in [-0.2, -0.15) is 0 Å². The second-order valence-corrected chi connectivity index (χ2v) is 5.80. The van der Waals surface area contributed by atoms with Crippen LogP contribution in [0.1, 0.15) is 36.9 Å². The van der Waals surface area contributed by atoms with Gasteiger partial charge in [-0.05, 0) is 43.7 Å². The summed E-state index contributed by atoms with van der Waals surface area (Å²) in [5, 5.41) is 14.6. The third-order valence-electron chi connectivity index (χ3n) is 3.86. The maximum atomic E-state index is 11.5. The number of fused-ring (bicyclic) bond motifs is 1. The largest absolute Gasteiger partial charge is 0.480 e. The molecule has 1 aliphatic rings. The number of carbonyl (C=O) groups is 2. The molecule has 7 nitrogen and oxygen atoms in total. The number of carboxylic acids is 1. The number of carbonyl (C=O) groups excluding carboxylic acids is 1. The molecule has 5 N–H and O–H groups in total. The van der Waals surface area contributed by atoms with E-state index in [0.29, 0.717) is 6.54 Å². The molecule has 7 heteroatoms. The van der Waals surface area contributed by atoms with Crippen LogP contribution >= 0.6 is 0 Å². The number of nitrogens with zero attached hydrogens (tertiary/aromatic N) is 1. The molecular weight excluding hydrogens is 296 g/mol. The van der Waals surface area contributed by atoms with Gasteiger partial charge in [-0.1, -0.05) is 6.07 Å². The van der Waals surface area contributed by atoms with E-state index in [2.05, 4.69) is 27.8 Å². The third-order valence-corrected chi connectivity index (χ3v) is 3.86. The summed E-state index contributed by atoms with van der Waals surface area (Å²) in [6.45, 7) is 1.50. The van der Waals surface area contributed by atoms with Gasteiger partial charge in [-0.25, -0.2) is 4.98 Å². The minimum Gasteiger partial charge on any atom is -0.480 e. The monoisotopic (exact) mass is 320 g/mol. The zero-order valence-electron chi connectivity index (χ0n) is 13.2. The highest BCUT2D eigenvalue weighted by atomic mass is 16.4. The predicted molar refractivity (Wildman–Crippen MR) is 87.2 cm³/mol. The van der Waals surface area contributed by atoms with E-state index in [0.717, 1.165) is 50.2 Å². The molecule has 1 atom stereocenters. The Kier molecular flexibility index (Phi) is 6.34. The number of aromatic nitrogens is 1. The Morgan fingerprint density at radius 1 is 1.39 bits per heavy atom. The van der Waals surface area contributed by atoms with Crippen molar-refractivity contribution in [2.24, 2.45) is 5.73 Å². The quantitative estimate of drug-likeness (QED) is 0.523. The molecule has 1 aromatic rings. The molecule has 0 aliphatic carbocycles. The van der Waals surface area contributed by atoms with Gasteiger partial charge in [-0.3, -0.25) is 9.59 Å². The molecule has 1 aliphatic heterocycles. The molecule has 1 aromatic heterocycles. The van der Waals surface area contributed by atoms with Crippen LogP contribution in [0.2, 0.25) is 0 Å². The molecule has 1 unspecified atom stereocenters. The van der Waals surface area contributed by atoms with Gasteiger partial charge in [0.2, 0.25) is 5.91 Å². The molecule has 2 rings (SSSR count). The lowest BCUT2D eigenvalue weighted by Crippen LogP contribution is -2.37. The van der Waals surface area contributed by atoms with Gasteiger partial charge >= 0.3 is 5.97 Å². The summed E-state index contributed by atoms with van der Waals surface area (Å²) in [7, 11) is 0. The van der Waals surface area contributed by atoms with Gasteiger partial charge in [0.1, 0.15) is 11.9 Å². The molecule has 2 heterocycles. The number of hydrogen-bond acceptors (Lipinski definition) is 5. The second-order valence-electron chi connectivity index (χ2n) is 5.80. The minimum absolute atomic E-state index is 0.187. The molecular formula is C16H24N4O3. The van der Waals surface area contributed by atoms with Crippen LogP contribution in [-0.4, -0.2) is 41.1 Å². The molecule has 1 amide bonds. The molecule has 0 saturated heterocycles. The van der Waals surface area contributed by atoms with Crippen molar-refractivity contribution in [1.82, 2.24) is 10.3 Å². The summed E-state index contributed by atoms with van der Waals surface area (Å²) < 4.78 is 0. The Morgan fingerprint density at radius 2 is 2.22 bits per heavy atom. The van der Waals surface area contributed by atoms with Gasteiger partial charge in [0, 0.05) is 18.8 Å². The highest BCUT2D eigenvalue weighted by Crippen LogP contribution is 2.20. The summed E-state index contributed by atoms with van der Waals surface area (Å²) in [6.07, 6.45) is 4.64. The molecule has 0 spiro atoms.